The zero-order chi connectivity index (χ0) is 19.0. The van der Waals surface area contributed by atoms with Gasteiger partial charge in [0, 0.05) is 57.8 Å². The molecule has 0 bridgehead atoms. The van der Waals surface area contributed by atoms with Crippen LogP contribution in [0.5, 0.6) is 0 Å². The lowest BCUT2D eigenvalue weighted by Crippen LogP contribution is -2.47. The van der Waals surface area contributed by atoms with Crippen LogP contribution >= 0.6 is 0 Å². The molecule has 1 aliphatic rings. The van der Waals surface area contributed by atoms with Crippen LogP contribution in [0.3, 0.4) is 0 Å². The first-order valence-electron chi connectivity index (χ1n) is 9.15. The Balaban J connectivity index is 2.75. The monoisotopic (exact) mass is 356 g/mol. The number of Topliss-reactive ketones (excluding diaryl/α,β-unsaturated/α-hetero) is 1. The lowest BCUT2D eigenvalue weighted by molar-refractivity contribution is -0.138. The number of aliphatic carboxylic acids is 1. The number of carbonyl (C=O) groups is 2. The van der Waals surface area contributed by atoms with Crippen molar-refractivity contribution >= 4 is 11.8 Å². The van der Waals surface area contributed by atoms with E-state index in [1.165, 1.54) is 0 Å². The summed E-state index contributed by atoms with van der Waals surface area (Å²) in [5.74, 6) is -0.571. The van der Waals surface area contributed by atoms with Crippen LogP contribution in [-0.2, 0) is 9.59 Å². The van der Waals surface area contributed by atoms with Gasteiger partial charge in [0.1, 0.15) is 0 Å². The van der Waals surface area contributed by atoms with Crippen molar-refractivity contribution in [2.45, 2.75) is 20.8 Å². The van der Waals surface area contributed by atoms with Crippen molar-refractivity contribution in [2.75, 3.05) is 79.5 Å². The van der Waals surface area contributed by atoms with Crippen molar-refractivity contribution in [3.63, 3.8) is 0 Å². The molecule has 1 aliphatic heterocycles. The number of nitrogens with zero attached hydrogens (tertiary/aromatic N) is 4. The normalized spacial score (nSPS) is 21.5. The number of carboxylic acids is 1. The maximum Gasteiger partial charge on any atom is 0.317 e. The Bertz CT molecular complexity index is 437. The number of likely N-dealkylation sites (N-methyl/N-ethyl adjacent to an activating group) is 2. The van der Waals surface area contributed by atoms with E-state index in [0.717, 1.165) is 39.3 Å². The third kappa shape index (κ3) is 9.30. The maximum atomic E-state index is 12.4. The Morgan fingerprint density at radius 1 is 0.760 bits per heavy atom. The second-order valence-electron chi connectivity index (χ2n) is 8.23. The van der Waals surface area contributed by atoms with Gasteiger partial charge in [-0.25, -0.2) is 0 Å². The van der Waals surface area contributed by atoms with Gasteiger partial charge >= 0.3 is 5.97 Å². The molecule has 1 saturated heterocycles. The van der Waals surface area contributed by atoms with E-state index in [1.807, 2.05) is 25.7 Å². The van der Waals surface area contributed by atoms with Crippen molar-refractivity contribution in [3.8, 4) is 0 Å². The zero-order valence-corrected chi connectivity index (χ0v) is 16.6. The molecule has 0 amide bonds. The van der Waals surface area contributed by atoms with Gasteiger partial charge < -0.3 is 14.9 Å². The third-order valence-electron chi connectivity index (χ3n) is 4.75. The van der Waals surface area contributed by atoms with E-state index in [0.29, 0.717) is 19.6 Å². The van der Waals surface area contributed by atoms with Crippen LogP contribution in [0, 0.1) is 5.41 Å². The molecule has 0 aromatic carbocycles. The summed E-state index contributed by atoms with van der Waals surface area (Å²) >= 11 is 0. The van der Waals surface area contributed by atoms with E-state index in [4.69, 9.17) is 5.11 Å². The topological polar surface area (TPSA) is 67.3 Å². The highest BCUT2D eigenvalue weighted by atomic mass is 16.4. The Labute approximate surface area is 152 Å². The molecule has 1 rings (SSSR count). The lowest BCUT2D eigenvalue weighted by Gasteiger charge is -2.32. The summed E-state index contributed by atoms with van der Waals surface area (Å²) in [6.07, 6.45) is 0. The van der Waals surface area contributed by atoms with Crippen molar-refractivity contribution in [2.24, 2.45) is 5.41 Å². The molecule has 0 spiro atoms. The van der Waals surface area contributed by atoms with Gasteiger partial charge in [-0.2, -0.15) is 0 Å². The number of carboxylic acid groups (broad SMARTS) is 1. The Morgan fingerprint density at radius 3 is 1.52 bits per heavy atom. The van der Waals surface area contributed by atoms with Crippen LogP contribution in [0.4, 0.5) is 0 Å². The molecule has 0 aliphatic carbocycles. The number of hydrogen-bond acceptors (Lipinski definition) is 6. The van der Waals surface area contributed by atoms with E-state index in [9.17, 15) is 9.59 Å². The standard InChI is InChI=1S/C18H36N4O3/c1-18(2,3)16(23)14-21-10-8-19(4)6-7-20(5)9-11-22(13-12-21)15-17(24)25/h6-15H2,1-5H3,(H,24,25). The first-order chi connectivity index (χ1) is 11.6. The molecular formula is C18H36N4O3. The second-order valence-corrected chi connectivity index (χ2v) is 8.23. The van der Waals surface area contributed by atoms with Crippen molar-refractivity contribution < 1.29 is 14.7 Å². The summed E-state index contributed by atoms with van der Waals surface area (Å²) < 4.78 is 0. The molecule has 25 heavy (non-hydrogen) atoms. The highest BCUT2D eigenvalue weighted by Gasteiger charge is 2.24. The van der Waals surface area contributed by atoms with Crippen molar-refractivity contribution in [3.05, 3.63) is 0 Å². The quantitative estimate of drug-likeness (QED) is 0.770. The second kappa shape index (κ2) is 10.2. The smallest absolute Gasteiger partial charge is 0.317 e. The molecule has 1 heterocycles. The number of ketones is 1. The molecule has 0 radical (unpaired) electrons. The molecular weight excluding hydrogens is 320 g/mol. The summed E-state index contributed by atoms with van der Waals surface area (Å²) in [7, 11) is 4.19. The maximum absolute atomic E-state index is 12.4. The molecule has 7 heteroatoms. The Hall–Kier alpha value is -1.02. The minimum absolute atomic E-state index is 0.0504. The average Bonchev–Trinajstić information content (AvgIpc) is 2.49. The van der Waals surface area contributed by atoms with Gasteiger partial charge in [-0.3, -0.25) is 19.4 Å². The predicted molar refractivity (Wildman–Crippen MR) is 100.0 cm³/mol. The van der Waals surface area contributed by atoms with E-state index >= 15 is 0 Å². The average molecular weight is 357 g/mol. The van der Waals surface area contributed by atoms with Gasteiger partial charge in [-0.15, -0.1) is 0 Å². The van der Waals surface area contributed by atoms with Gasteiger partial charge in [0.05, 0.1) is 13.1 Å². The van der Waals surface area contributed by atoms with Crippen LogP contribution < -0.4 is 0 Å². The molecule has 1 N–H and O–H groups in total. The predicted octanol–water partition coefficient (Wildman–Crippen LogP) is 0.167. The van der Waals surface area contributed by atoms with Gasteiger partial charge in [0.2, 0.25) is 0 Å². The number of rotatable bonds is 4. The van der Waals surface area contributed by atoms with Gasteiger partial charge in [0.15, 0.2) is 5.78 Å². The molecule has 0 saturated carbocycles. The van der Waals surface area contributed by atoms with Crippen LogP contribution in [0.1, 0.15) is 20.8 Å². The fourth-order valence-electron chi connectivity index (χ4n) is 2.64. The summed E-state index contributed by atoms with van der Waals surface area (Å²) in [5.41, 5.74) is -0.348. The fourth-order valence-corrected chi connectivity index (χ4v) is 2.64. The summed E-state index contributed by atoms with van der Waals surface area (Å²) in [6, 6.07) is 0. The third-order valence-corrected chi connectivity index (χ3v) is 4.75. The van der Waals surface area contributed by atoms with E-state index in [2.05, 4.69) is 28.8 Å². The molecule has 0 atom stereocenters. The molecule has 7 nitrogen and oxygen atoms in total. The highest BCUT2D eigenvalue weighted by molar-refractivity contribution is 5.85. The summed E-state index contributed by atoms with van der Waals surface area (Å²) in [6.45, 7) is 12.9. The number of carbonyl (C=O) groups excluding carboxylic acids is 1. The van der Waals surface area contributed by atoms with Gasteiger partial charge in [-0.1, -0.05) is 20.8 Å². The fraction of sp³-hybridized carbons (Fsp3) is 0.889. The van der Waals surface area contributed by atoms with Crippen LogP contribution in [0.2, 0.25) is 0 Å². The molecule has 1 fully saturated rings. The first-order valence-corrected chi connectivity index (χ1v) is 9.15. The minimum Gasteiger partial charge on any atom is -0.480 e. The Kier molecular flexibility index (Phi) is 8.99. The van der Waals surface area contributed by atoms with Crippen LogP contribution in [-0.4, -0.2) is 116 Å². The van der Waals surface area contributed by atoms with Crippen LogP contribution in [0.25, 0.3) is 0 Å². The Morgan fingerprint density at radius 2 is 1.12 bits per heavy atom. The van der Waals surface area contributed by atoms with E-state index in [1.54, 1.807) is 0 Å². The van der Waals surface area contributed by atoms with E-state index in [-0.39, 0.29) is 17.7 Å². The lowest BCUT2D eigenvalue weighted by atomic mass is 9.90. The van der Waals surface area contributed by atoms with Gasteiger partial charge in [-0.05, 0) is 14.1 Å². The molecule has 0 unspecified atom stereocenters. The highest BCUT2D eigenvalue weighted by Crippen LogP contribution is 2.15. The summed E-state index contributed by atoms with van der Waals surface area (Å²) in [4.78, 5) is 32.2. The molecule has 0 aromatic rings. The molecule has 0 aromatic heterocycles. The van der Waals surface area contributed by atoms with Crippen molar-refractivity contribution in [1.82, 2.24) is 19.6 Å². The minimum atomic E-state index is -0.799. The first kappa shape index (κ1) is 22.0. The van der Waals surface area contributed by atoms with Crippen LogP contribution in [0.15, 0.2) is 0 Å². The largest absolute Gasteiger partial charge is 0.480 e. The summed E-state index contributed by atoms with van der Waals surface area (Å²) in [5, 5.41) is 9.14. The van der Waals surface area contributed by atoms with E-state index < -0.39 is 5.97 Å². The number of hydrogen-bond donors (Lipinski definition) is 1. The molecule has 146 valence electrons. The zero-order valence-electron chi connectivity index (χ0n) is 16.6. The van der Waals surface area contributed by atoms with Gasteiger partial charge in [0.25, 0.3) is 0 Å². The SMILES string of the molecule is CN1CCN(C)CCN(CC(=O)C(C)(C)C)CCN(CC(=O)O)CC1. The van der Waals surface area contributed by atoms with Crippen molar-refractivity contribution in [1.29, 1.82) is 0 Å².